The van der Waals surface area contributed by atoms with Crippen LogP contribution < -0.4 is 4.90 Å². The largest absolute Gasteiger partial charge is 0.309 e. The van der Waals surface area contributed by atoms with Gasteiger partial charge in [-0.25, -0.2) is 0 Å². The van der Waals surface area contributed by atoms with E-state index in [1.165, 1.54) is 83.6 Å². The number of hydrogen-bond donors (Lipinski definition) is 0. The molecule has 0 aromatic heterocycles. The van der Waals surface area contributed by atoms with Crippen molar-refractivity contribution in [2.45, 2.75) is 37.5 Å². The summed E-state index contributed by atoms with van der Waals surface area (Å²) in [7, 11) is 0. The lowest BCUT2D eigenvalue weighted by Gasteiger charge is -2.36. The van der Waals surface area contributed by atoms with Crippen LogP contribution in [0, 0.1) is 0 Å². The van der Waals surface area contributed by atoms with Crippen LogP contribution in [0.2, 0.25) is 0 Å². The Morgan fingerprint density at radius 3 is 1.72 bits per heavy atom. The van der Waals surface area contributed by atoms with Crippen LogP contribution in [-0.2, 0) is 17.3 Å². The predicted octanol–water partition coefficient (Wildman–Crippen LogP) is 14.5. The number of benzene rings is 8. The first kappa shape index (κ1) is 33.6. The number of fused-ring (bicyclic) bond motifs is 7. The summed E-state index contributed by atoms with van der Waals surface area (Å²) in [5.74, 6) is 0. The quantitative estimate of drug-likeness (QED) is 0.165. The fraction of sp³-hybridized carbons (Fsp3) is 0.107. The fourth-order valence-corrected chi connectivity index (χ4v) is 10.4. The minimum Gasteiger partial charge on any atom is -0.309 e. The smallest absolute Gasteiger partial charge is 0.0714 e. The molecule has 57 heavy (non-hydrogen) atoms. The van der Waals surface area contributed by atoms with Gasteiger partial charge in [0.1, 0.15) is 0 Å². The van der Waals surface area contributed by atoms with E-state index in [4.69, 9.17) is 0 Å². The molecule has 8 aromatic carbocycles. The second kappa shape index (κ2) is 12.9. The maximum Gasteiger partial charge on any atom is 0.0714 e. The lowest BCUT2D eigenvalue weighted by Crippen LogP contribution is -2.28. The highest BCUT2D eigenvalue weighted by atomic mass is 15.1. The summed E-state index contributed by atoms with van der Waals surface area (Å²) < 4.78 is 0. The predicted molar refractivity (Wildman–Crippen MR) is 239 cm³/mol. The molecule has 3 aliphatic carbocycles. The van der Waals surface area contributed by atoms with Crippen molar-refractivity contribution in [3.05, 3.63) is 239 Å². The zero-order valence-corrected chi connectivity index (χ0v) is 32.4. The van der Waals surface area contributed by atoms with Crippen molar-refractivity contribution >= 4 is 23.1 Å². The SMILES string of the molecule is CC1(C)c2ccccc2-c2c1cc1c(c2N(c2ccc(-c3ccccc3)cc2)c2ccc3c(c2)C(c2ccccc2)(c2ccccc2)c2ccccc2-3)C=CCC1. The van der Waals surface area contributed by atoms with Crippen LogP contribution >= 0.6 is 0 Å². The highest BCUT2D eigenvalue weighted by molar-refractivity contribution is 6.01. The number of aryl methyl sites for hydroxylation is 1. The van der Waals surface area contributed by atoms with Crippen molar-refractivity contribution in [1.82, 2.24) is 0 Å². The third-order valence-electron chi connectivity index (χ3n) is 13.0. The van der Waals surface area contributed by atoms with E-state index >= 15 is 0 Å². The Labute approximate surface area is 336 Å². The lowest BCUT2D eigenvalue weighted by molar-refractivity contribution is 0.659. The van der Waals surface area contributed by atoms with Gasteiger partial charge in [-0.2, -0.15) is 0 Å². The maximum atomic E-state index is 2.59. The topological polar surface area (TPSA) is 3.24 Å². The Morgan fingerprint density at radius 2 is 1.02 bits per heavy atom. The van der Waals surface area contributed by atoms with E-state index in [9.17, 15) is 0 Å². The first-order valence-corrected chi connectivity index (χ1v) is 20.3. The lowest BCUT2D eigenvalue weighted by atomic mass is 9.67. The van der Waals surface area contributed by atoms with Crippen LogP contribution in [0.15, 0.2) is 194 Å². The van der Waals surface area contributed by atoms with Gasteiger partial charge in [-0.3, -0.25) is 0 Å². The van der Waals surface area contributed by atoms with Gasteiger partial charge < -0.3 is 4.90 Å². The molecule has 0 N–H and O–H groups in total. The van der Waals surface area contributed by atoms with E-state index in [0.717, 1.165) is 24.2 Å². The second-order valence-electron chi connectivity index (χ2n) is 16.3. The molecule has 0 atom stereocenters. The summed E-state index contributed by atoms with van der Waals surface area (Å²) in [6.45, 7) is 4.82. The van der Waals surface area contributed by atoms with E-state index in [-0.39, 0.29) is 5.41 Å². The molecule has 8 aromatic rings. The van der Waals surface area contributed by atoms with Gasteiger partial charge in [0, 0.05) is 27.9 Å². The molecular weight excluding hydrogens is 687 g/mol. The van der Waals surface area contributed by atoms with E-state index in [2.05, 4.69) is 219 Å². The number of hydrogen-bond acceptors (Lipinski definition) is 1. The van der Waals surface area contributed by atoms with Crippen LogP contribution in [0.4, 0.5) is 17.1 Å². The molecule has 3 aliphatic rings. The number of allylic oxidation sites excluding steroid dienone is 1. The molecule has 1 heteroatoms. The van der Waals surface area contributed by atoms with Gasteiger partial charge in [0.2, 0.25) is 0 Å². The molecule has 0 bridgehead atoms. The summed E-state index contributed by atoms with van der Waals surface area (Å²) in [6.07, 6.45) is 6.85. The van der Waals surface area contributed by atoms with E-state index in [0.29, 0.717) is 0 Å². The average molecular weight is 730 g/mol. The van der Waals surface area contributed by atoms with E-state index in [1.807, 2.05) is 0 Å². The molecule has 0 radical (unpaired) electrons. The minimum atomic E-state index is -0.500. The number of rotatable bonds is 6. The molecule has 0 heterocycles. The first-order valence-electron chi connectivity index (χ1n) is 20.3. The van der Waals surface area contributed by atoms with E-state index in [1.54, 1.807) is 0 Å². The molecular formula is C56H43N. The van der Waals surface area contributed by atoms with Crippen LogP contribution in [0.25, 0.3) is 39.5 Å². The summed E-state index contributed by atoms with van der Waals surface area (Å²) in [5.41, 5.74) is 21.3. The molecule has 0 spiro atoms. The van der Waals surface area contributed by atoms with Crippen LogP contribution in [0.3, 0.4) is 0 Å². The van der Waals surface area contributed by atoms with Crippen molar-refractivity contribution in [3.8, 4) is 33.4 Å². The Balaban J connectivity index is 1.23. The summed E-state index contributed by atoms with van der Waals surface area (Å²) in [4.78, 5) is 2.59. The standard InChI is InChI=1S/C56H43N/c1-55(2)49-28-16-15-27-48(49)53-52(55)36-40-20-12-13-25-45(40)54(53)57(43-32-30-39(31-33-43)38-18-6-3-7-19-38)44-34-35-47-46-26-14-17-29-50(46)56(51(47)37-44,41-21-8-4-9-22-41)42-23-10-5-11-24-42/h3-11,13-19,21-37H,12,20H2,1-2H3. The van der Waals surface area contributed by atoms with Gasteiger partial charge >= 0.3 is 0 Å². The normalized spacial score (nSPS) is 14.9. The zero-order valence-electron chi connectivity index (χ0n) is 32.4. The Hall–Kier alpha value is -6.70. The molecule has 0 saturated heterocycles. The average Bonchev–Trinajstić information content (AvgIpc) is 3.70. The van der Waals surface area contributed by atoms with Crippen LogP contribution in [0.5, 0.6) is 0 Å². The van der Waals surface area contributed by atoms with Crippen molar-refractivity contribution in [3.63, 3.8) is 0 Å². The summed E-state index contributed by atoms with van der Waals surface area (Å²) in [6, 6.07) is 70.2. The molecule has 0 unspecified atom stereocenters. The molecule has 0 fully saturated rings. The molecule has 0 amide bonds. The Bertz CT molecular complexity index is 2810. The monoisotopic (exact) mass is 729 g/mol. The Morgan fingerprint density at radius 1 is 0.456 bits per heavy atom. The minimum absolute atomic E-state index is 0.130. The fourth-order valence-electron chi connectivity index (χ4n) is 10.4. The van der Waals surface area contributed by atoms with Gasteiger partial charge in [0.25, 0.3) is 0 Å². The summed E-state index contributed by atoms with van der Waals surface area (Å²) >= 11 is 0. The third kappa shape index (κ3) is 4.95. The highest BCUT2D eigenvalue weighted by Gasteiger charge is 2.47. The van der Waals surface area contributed by atoms with Crippen molar-refractivity contribution in [2.75, 3.05) is 4.90 Å². The van der Waals surface area contributed by atoms with Crippen molar-refractivity contribution < 1.29 is 0 Å². The van der Waals surface area contributed by atoms with Gasteiger partial charge in [0.05, 0.1) is 11.1 Å². The summed E-state index contributed by atoms with van der Waals surface area (Å²) in [5, 5.41) is 0. The number of anilines is 3. The molecule has 272 valence electrons. The second-order valence-corrected chi connectivity index (χ2v) is 16.3. The zero-order chi connectivity index (χ0) is 38.1. The van der Waals surface area contributed by atoms with Gasteiger partial charge in [-0.15, -0.1) is 0 Å². The first-order chi connectivity index (χ1) is 28.0. The highest BCUT2D eigenvalue weighted by Crippen LogP contribution is 2.60. The van der Waals surface area contributed by atoms with Gasteiger partial charge in [-0.1, -0.05) is 190 Å². The molecule has 1 nitrogen and oxygen atoms in total. The van der Waals surface area contributed by atoms with Gasteiger partial charge in [-0.05, 0) is 104 Å². The van der Waals surface area contributed by atoms with Crippen molar-refractivity contribution in [1.29, 1.82) is 0 Å². The Kier molecular flexibility index (Phi) is 7.63. The maximum absolute atomic E-state index is 2.59. The van der Waals surface area contributed by atoms with Crippen LogP contribution in [-0.4, -0.2) is 0 Å². The third-order valence-corrected chi connectivity index (χ3v) is 13.0. The van der Waals surface area contributed by atoms with Gasteiger partial charge in [0.15, 0.2) is 0 Å². The molecule has 11 rings (SSSR count). The van der Waals surface area contributed by atoms with E-state index < -0.39 is 5.41 Å². The van der Waals surface area contributed by atoms with Crippen LogP contribution in [0.1, 0.15) is 64.8 Å². The number of nitrogens with zero attached hydrogens (tertiary/aromatic N) is 1. The molecule has 0 aliphatic heterocycles. The molecule has 0 saturated carbocycles. The van der Waals surface area contributed by atoms with Crippen molar-refractivity contribution in [2.24, 2.45) is 0 Å².